The lowest BCUT2D eigenvalue weighted by Gasteiger charge is -2.56. The minimum atomic E-state index is -1.60. The summed E-state index contributed by atoms with van der Waals surface area (Å²) < 4.78 is 5.06. The number of carbonyl (C=O) groups excluding carboxylic acids is 3. The maximum absolute atomic E-state index is 13.8. The molecule has 0 bridgehead atoms. The molecule has 9 atom stereocenters. The molecule has 2 N–H and O–H groups in total. The molecule has 4 aliphatic carbocycles. The number of hydrogen-bond acceptors (Lipinski definition) is 6. The summed E-state index contributed by atoms with van der Waals surface area (Å²) in [6.07, 6.45) is 8.55. The van der Waals surface area contributed by atoms with E-state index in [1.54, 1.807) is 13.8 Å². The van der Waals surface area contributed by atoms with Crippen LogP contribution >= 0.6 is 0 Å². The van der Waals surface area contributed by atoms with Crippen molar-refractivity contribution in [3.8, 4) is 0 Å². The first-order chi connectivity index (χ1) is 16.2. The predicted octanol–water partition coefficient (Wildman–Crippen LogP) is 4.18. The van der Waals surface area contributed by atoms with E-state index in [-0.39, 0.29) is 46.9 Å². The molecule has 35 heavy (non-hydrogen) atoms. The van der Waals surface area contributed by atoms with Gasteiger partial charge in [-0.15, -0.1) is 0 Å². The molecule has 4 aliphatic rings. The molecule has 3 fully saturated rings. The SMILES string of the molecule is CC(=O)OC(C)/C=C/C(=O)[C@](C)(O)[C@H]1CCC2[C@@H]3CC=C4C(CC[C@H](O)C4(C)C)C3C(=O)C[C@@]21C. The van der Waals surface area contributed by atoms with E-state index in [1.165, 1.54) is 24.6 Å². The van der Waals surface area contributed by atoms with E-state index in [9.17, 15) is 24.6 Å². The number of rotatable bonds is 5. The highest BCUT2D eigenvalue weighted by atomic mass is 16.5. The zero-order valence-corrected chi connectivity index (χ0v) is 22.0. The number of ether oxygens (including phenoxy) is 1. The summed E-state index contributed by atoms with van der Waals surface area (Å²) in [5.41, 5.74) is -1.10. The van der Waals surface area contributed by atoms with Crippen LogP contribution in [-0.2, 0) is 19.1 Å². The molecule has 0 heterocycles. The van der Waals surface area contributed by atoms with Gasteiger partial charge in [0.25, 0.3) is 0 Å². The minimum Gasteiger partial charge on any atom is -0.459 e. The summed E-state index contributed by atoms with van der Waals surface area (Å²) in [7, 11) is 0. The first-order valence-electron chi connectivity index (χ1n) is 13.2. The van der Waals surface area contributed by atoms with Crippen molar-refractivity contribution in [1.82, 2.24) is 0 Å². The Morgan fingerprint density at radius 2 is 1.89 bits per heavy atom. The monoisotopic (exact) mass is 486 g/mol. The average Bonchev–Trinajstić information content (AvgIpc) is 3.11. The third-order valence-corrected chi connectivity index (χ3v) is 10.1. The Morgan fingerprint density at radius 3 is 2.54 bits per heavy atom. The molecule has 3 saturated carbocycles. The number of allylic oxidation sites excluding steroid dienone is 1. The number of ketones is 2. The van der Waals surface area contributed by atoms with Crippen LogP contribution in [0.3, 0.4) is 0 Å². The fourth-order valence-corrected chi connectivity index (χ4v) is 8.40. The predicted molar refractivity (Wildman–Crippen MR) is 132 cm³/mol. The van der Waals surface area contributed by atoms with Crippen LogP contribution in [0.2, 0.25) is 0 Å². The lowest BCUT2D eigenvalue weighted by Crippen LogP contribution is -2.56. The van der Waals surface area contributed by atoms with E-state index in [0.29, 0.717) is 12.8 Å². The Hall–Kier alpha value is -1.79. The maximum atomic E-state index is 13.8. The first-order valence-corrected chi connectivity index (χ1v) is 13.2. The zero-order valence-electron chi connectivity index (χ0n) is 22.0. The maximum Gasteiger partial charge on any atom is 0.303 e. The largest absolute Gasteiger partial charge is 0.459 e. The Kier molecular flexibility index (Phi) is 6.72. The molecule has 0 aromatic rings. The molecule has 0 aromatic heterocycles. The van der Waals surface area contributed by atoms with Gasteiger partial charge >= 0.3 is 5.97 Å². The molecular formula is C29H42O6. The average molecular weight is 487 g/mol. The van der Waals surface area contributed by atoms with E-state index in [0.717, 1.165) is 25.7 Å². The standard InChI is InChI=1S/C29H42O6/c1-16(35-17(2)30)7-13-25(33)29(6,34)23-12-11-21-19-8-10-20-18(9-14-24(32)27(20,3)4)26(19)22(31)15-28(21,23)5/h7,10,13,16,18-19,21,23-24,26,32,34H,8-9,11-12,14-15H2,1-6H3/b13-7+/t16?,18?,19-,21?,23-,24-,26?,28-,29+/m0/s1. The second-order valence-electron chi connectivity index (χ2n) is 12.6. The van der Waals surface area contributed by atoms with Crippen molar-refractivity contribution in [3.05, 3.63) is 23.8 Å². The minimum absolute atomic E-state index is 0.0243. The van der Waals surface area contributed by atoms with Gasteiger partial charge in [-0.1, -0.05) is 32.4 Å². The summed E-state index contributed by atoms with van der Waals surface area (Å²) in [5, 5.41) is 22.1. The lowest BCUT2D eigenvalue weighted by molar-refractivity contribution is -0.154. The fraction of sp³-hybridized carbons (Fsp3) is 0.759. The highest BCUT2D eigenvalue weighted by Crippen LogP contribution is 2.65. The number of carbonyl (C=O) groups is 3. The van der Waals surface area contributed by atoms with Gasteiger partial charge in [-0.2, -0.15) is 0 Å². The highest BCUT2D eigenvalue weighted by molar-refractivity contribution is 5.97. The quantitative estimate of drug-likeness (QED) is 0.343. The third kappa shape index (κ3) is 4.25. The molecule has 194 valence electrons. The van der Waals surface area contributed by atoms with Crippen molar-refractivity contribution in [2.24, 2.45) is 40.4 Å². The lowest BCUT2D eigenvalue weighted by atomic mass is 9.48. The van der Waals surface area contributed by atoms with Crippen LogP contribution in [0.5, 0.6) is 0 Å². The molecule has 0 radical (unpaired) electrons. The molecule has 0 amide bonds. The molecule has 4 unspecified atom stereocenters. The van der Waals surface area contributed by atoms with Gasteiger partial charge in [-0.25, -0.2) is 0 Å². The Morgan fingerprint density at radius 1 is 1.20 bits per heavy atom. The van der Waals surface area contributed by atoms with Crippen LogP contribution in [-0.4, -0.2) is 45.6 Å². The number of esters is 1. The summed E-state index contributed by atoms with van der Waals surface area (Å²) in [4.78, 5) is 38.0. The van der Waals surface area contributed by atoms with Gasteiger partial charge in [-0.3, -0.25) is 14.4 Å². The van der Waals surface area contributed by atoms with Crippen LogP contribution in [0.25, 0.3) is 0 Å². The van der Waals surface area contributed by atoms with Crippen LogP contribution in [0.1, 0.15) is 80.1 Å². The molecular weight excluding hydrogens is 444 g/mol. The smallest absolute Gasteiger partial charge is 0.303 e. The van der Waals surface area contributed by atoms with Crippen molar-refractivity contribution in [2.75, 3.05) is 0 Å². The van der Waals surface area contributed by atoms with Crippen molar-refractivity contribution in [1.29, 1.82) is 0 Å². The Bertz CT molecular complexity index is 958. The molecule has 0 spiro atoms. The van der Waals surface area contributed by atoms with E-state index >= 15 is 0 Å². The van der Waals surface area contributed by atoms with Crippen LogP contribution in [0, 0.1) is 40.4 Å². The fourth-order valence-electron chi connectivity index (χ4n) is 8.40. The zero-order chi connectivity index (χ0) is 25.9. The highest BCUT2D eigenvalue weighted by Gasteiger charge is 2.63. The summed E-state index contributed by atoms with van der Waals surface area (Å²) in [5.74, 6) is -0.246. The topological polar surface area (TPSA) is 101 Å². The van der Waals surface area contributed by atoms with Gasteiger partial charge in [0, 0.05) is 30.6 Å². The number of hydrogen-bond donors (Lipinski definition) is 2. The van der Waals surface area contributed by atoms with Gasteiger partial charge in [-0.05, 0) is 81.3 Å². The van der Waals surface area contributed by atoms with Crippen molar-refractivity contribution >= 4 is 17.5 Å². The number of aliphatic hydroxyl groups is 2. The Labute approximate surface area is 209 Å². The third-order valence-electron chi connectivity index (χ3n) is 10.1. The molecule has 0 aromatic carbocycles. The number of aliphatic hydroxyl groups excluding tert-OH is 1. The second kappa shape index (κ2) is 8.95. The summed E-state index contributed by atoms with van der Waals surface area (Å²) >= 11 is 0. The summed E-state index contributed by atoms with van der Waals surface area (Å²) in [6, 6.07) is 0. The van der Waals surface area contributed by atoms with Gasteiger partial charge in [0.05, 0.1) is 6.10 Å². The van der Waals surface area contributed by atoms with Crippen molar-refractivity contribution in [3.63, 3.8) is 0 Å². The van der Waals surface area contributed by atoms with E-state index in [2.05, 4.69) is 26.8 Å². The molecule has 0 aliphatic heterocycles. The van der Waals surface area contributed by atoms with Crippen molar-refractivity contribution < 1.29 is 29.3 Å². The second-order valence-corrected chi connectivity index (χ2v) is 12.6. The number of fused-ring (bicyclic) bond motifs is 5. The molecule has 0 saturated heterocycles. The Balaban J connectivity index is 1.58. The van der Waals surface area contributed by atoms with E-state index in [4.69, 9.17) is 4.74 Å². The van der Waals surface area contributed by atoms with Crippen LogP contribution in [0.15, 0.2) is 23.8 Å². The van der Waals surface area contributed by atoms with E-state index in [1.807, 2.05) is 0 Å². The summed E-state index contributed by atoms with van der Waals surface area (Å²) in [6.45, 7) is 10.9. The van der Waals surface area contributed by atoms with Gasteiger partial charge in [0.15, 0.2) is 5.78 Å². The molecule has 6 heteroatoms. The van der Waals surface area contributed by atoms with Gasteiger partial charge in [0.2, 0.25) is 0 Å². The van der Waals surface area contributed by atoms with Gasteiger partial charge < -0.3 is 14.9 Å². The normalized spacial score (nSPS) is 40.7. The van der Waals surface area contributed by atoms with Crippen LogP contribution in [0.4, 0.5) is 0 Å². The first kappa shape index (κ1) is 26.3. The molecule has 6 nitrogen and oxygen atoms in total. The molecule has 4 rings (SSSR count). The number of Topliss-reactive ketones (excluding diaryl/α,β-unsaturated/α-hetero) is 1. The van der Waals surface area contributed by atoms with Gasteiger partial charge in [0.1, 0.15) is 17.5 Å². The van der Waals surface area contributed by atoms with E-state index < -0.39 is 28.9 Å². The van der Waals surface area contributed by atoms with Crippen LogP contribution < -0.4 is 0 Å². The van der Waals surface area contributed by atoms with Crippen molar-refractivity contribution in [2.45, 2.75) is 97.9 Å².